The summed E-state index contributed by atoms with van der Waals surface area (Å²) >= 11 is 1.52. The van der Waals surface area contributed by atoms with Crippen LogP contribution in [0.1, 0.15) is 58.3 Å². The largest absolute Gasteiger partial charge is 0.444 e. The van der Waals surface area contributed by atoms with Crippen LogP contribution in [0.4, 0.5) is 4.79 Å². The zero-order valence-electron chi connectivity index (χ0n) is 19.0. The Hall–Kier alpha value is -2.23. The molecule has 1 amide bonds. The molecule has 1 aromatic rings. The molecular weight excluding hydrogens is 414 g/mol. The minimum atomic E-state index is -0.513. The van der Waals surface area contributed by atoms with Crippen LogP contribution in [0.25, 0.3) is 0 Å². The molecule has 0 spiro atoms. The third kappa shape index (κ3) is 9.63. The predicted molar refractivity (Wildman–Crippen MR) is 125 cm³/mol. The summed E-state index contributed by atoms with van der Waals surface area (Å²) in [4.78, 5) is 21.0. The molecule has 0 saturated carbocycles. The highest BCUT2D eigenvalue weighted by Crippen LogP contribution is 2.17. The molecule has 0 aliphatic carbocycles. The SMILES string of the molecule is CC/C=N\N(/C=C\C(=N)c1cccs1)OCN1CCCC[C@@H]1CNC(=O)OC(C)(C)C. The lowest BCUT2D eigenvalue weighted by Crippen LogP contribution is -2.48. The fourth-order valence-corrected chi connectivity index (χ4v) is 3.69. The second-order valence-corrected chi connectivity index (χ2v) is 9.27. The molecule has 31 heavy (non-hydrogen) atoms. The maximum atomic E-state index is 12.0. The summed E-state index contributed by atoms with van der Waals surface area (Å²) in [6.07, 6.45) is 8.66. The molecule has 1 atom stereocenters. The van der Waals surface area contributed by atoms with Crippen LogP contribution in [0.3, 0.4) is 0 Å². The fourth-order valence-electron chi connectivity index (χ4n) is 3.04. The van der Waals surface area contributed by atoms with Crippen molar-refractivity contribution < 1.29 is 14.4 Å². The van der Waals surface area contributed by atoms with Gasteiger partial charge < -0.3 is 10.1 Å². The maximum absolute atomic E-state index is 12.0. The van der Waals surface area contributed by atoms with Gasteiger partial charge in [0.25, 0.3) is 0 Å². The predicted octanol–water partition coefficient (Wildman–Crippen LogP) is 4.60. The molecule has 0 radical (unpaired) electrons. The first kappa shape index (κ1) is 25.0. The van der Waals surface area contributed by atoms with Gasteiger partial charge in [-0.15, -0.1) is 16.5 Å². The van der Waals surface area contributed by atoms with Crippen LogP contribution in [0.15, 0.2) is 34.9 Å². The molecule has 1 saturated heterocycles. The number of amides is 1. The first-order valence-corrected chi connectivity index (χ1v) is 11.6. The number of thiophene rings is 1. The summed E-state index contributed by atoms with van der Waals surface area (Å²) in [6.45, 7) is 9.30. The first-order chi connectivity index (χ1) is 14.8. The summed E-state index contributed by atoms with van der Waals surface area (Å²) in [7, 11) is 0. The van der Waals surface area contributed by atoms with Gasteiger partial charge in [-0.3, -0.25) is 10.3 Å². The minimum absolute atomic E-state index is 0.173. The van der Waals surface area contributed by atoms with Crippen molar-refractivity contribution in [3.8, 4) is 0 Å². The van der Waals surface area contributed by atoms with Crippen molar-refractivity contribution in [3.05, 3.63) is 34.7 Å². The summed E-state index contributed by atoms with van der Waals surface area (Å²) in [6, 6.07) is 4.01. The standard InChI is InChI=1S/C22H35N5O3S/c1-5-12-25-27(14-11-19(23)20-10-8-15-31-20)29-17-26-13-7-6-9-18(26)16-24-21(28)30-22(2,3)4/h8,10-12,14-15,18,23H,5-7,9,13,16-17H2,1-4H3,(H,24,28)/b14-11-,23-19?,25-12-/t18-/m1/s1. The van der Waals surface area contributed by atoms with E-state index in [4.69, 9.17) is 15.0 Å². The Balaban J connectivity index is 1.90. The van der Waals surface area contributed by atoms with E-state index in [1.54, 1.807) is 18.5 Å². The van der Waals surface area contributed by atoms with Crippen molar-refractivity contribution in [1.82, 2.24) is 15.4 Å². The summed E-state index contributed by atoms with van der Waals surface area (Å²) in [5.74, 6) is 0. The van der Waals surface area contributed by atoms with Crippen LogP contribution >= 0.6 is 11.3 Å². The Kier molecular flexibility index (Phi) is 10.2. The summed E-state index contributed by atoms with van der Waals surface area (Å²) in [5.41, 5.74) is -0.104. The Morgan fingerprint density at radius 1 is 1.45 bits per heavy atom. The Morgan fingerprint density at radius 3 is 2.94 bits per heavy atom. The molecule has 1 aromatic heterocycles. The van der Waals surface area contributed by atoms with Crippen molar-refractivity contribution in [2.24, 2.45) is 5.10 Å². The van der Waals surface area contributed by atoms with E-state index in [0.29, 0.717) is 19.0 Å². The third-order valence-electron chi connectivity index (χ3n) is 4.52. The smallest absolute Gasteiger partial charge is 0.407 e. The minimum Gasteiger partial charge on any atom is -0.444 e. The van der Waals surface area contributed by atoms with Gasteiger partial charge in [-0.25, -0.2) is 9.63 Å². The van der Waals surface area contributed by atoms with E-state index >= 15 is 0 Å². The molecule has 8 nitrogen and oxygen atoms in total. The van der Waals surface area contributed by atoms with Gasteiger partial charge in [-0.2, -0.15) is 5.10 Å². The van der Waals surface area contributed by atoms with Crippen molar-refractivity contribution in [1.29, 1.82) is 5.41 Å². The number of alkyl carbamates (subject to hydrolysis) is 1. The first-order valence-electron chi connectivity index (χ1n) is 10.7. The third-order valence-corrected chi connectivity index (χ3v) is 5.42. The maximum Gasteiger partial charge on any atom is 0.407 e. The monoisotopic (exact) mass is 449 g/mol. The lowest BCUT2D eigenvalue weighted by Gasteiger charge is -2.35. The Bertz CT molecular complexity index is 743. The second kappa shape index (κ2) is 12.6. The number of nitrogens with one attached hydrogen (secondary N) is 2. The molecule has 2 N–H and O–H groups in total. The van der Waals surface area contributed by atoms with E-state index in [-0.39, 0.29) is 6.04 Å². The molecule has 0 unspecified atom stereocenters. The Morgan fingerprint density at radius 2 is 2.26 bits per heavy atom. The molecular formula is C22H35N5O3S. The number of hydrogen-bond donors (Lipinski definition) is 2. The molecule has 2 heterocycles. The number of rotatable bonds is 10. The van der Waals surface area contributed by atoms with Crippen molar-refractivity contribution in [2.45, 2.75) is 65.0 Å². The van der Waals surface area contributed by atoms with Gasteiger partial charge in [0.05, 0.1) is 16.8 Å². The lowest BCUT2D eigenvalue weighted by molar-refractivity contribution is -0.169. The van der Waals surface area contributed by atoms with E-state index in [0.717, 1.165) is 37.1 Å². The van der Waals surface area contributed by atoms with Gasteiger partial charge >= 0.3 is 6.09 Å². The van der Waals surface area contributed by atoms with Crippen LogP contribution in [-0.4, -0.2) is 59.6 Å². The number of ether oxygens (including phenoxy) is 1. The second-order valence-electron chi connectivity index (χ2n) is 8.32. The lowest BCUT2D eigenvalue weighted by atomic mass is 10.0. The van der Waals surface area contributed by atoms with E-state index in [1.165, 1.54) is 16.5 Å². The number of hydrogen-bond acceptors (Lipinski definition) is 8. The summed E-state index contributed by atoms with van der Waals surface area (Å²) in [5, 5.41) is 18.7. The van der Waals surface area contributed by atoms with Crippen LogP contribution in [0.5, 0.6) is 0 Å². The molecule has 0 aromatic carbocycles. The number of hydrazone groups is 1. The van der Waals surface area contributed by atoms with Crippen molar-refractivity contribution >= 4 is 29.4 Å². The zero-order valence-corrected chi connectivity index (χ0v) is 19.8. The zero-order chi connectivity index (χ0) is 22.7. The fraction of sp³-hybridized carbons (Fsp3) is 0.591. The highest BCUT2D eigenvalue weighted by atomic mass is 32.1. The number of carbonyl (C=O) groups is 1. The van der Waals surface area contributed by atoms with E-state index in [9.17, 15) is 4.79 Å². The van der Waals surface area contributed by atoms with E-state index in [2.05, 4.69) is 15.3 Å². The number of allylic oxidation sites excluding steroid dienone is 1. The van der Waals surface area contributed by atoms with E-state index in [1.807, 2.05) is 45.2 Å². The molecule has 1 aliphatic heterocycles. The van der Waals surface area contributed by atoms with Crippen LogP contribution in [0, 0.1) is 5.41 Å². The number of nitrogens with zero attached hydrogens (tertiary/aromatic N) is 3. The quantitative estimate of drug-likeness (QED) is 0.403. The van der Waals surface area contributed by atoms with Gasteiger partial charge in [0.1, 0.15) is 12.3 Å². The summed E-state index contributed by atoms with van der Waals surface area (Å²) < 4.78 is 5.34. The van der Waals surface area contributed by atoms with Crippen molar-refractivity contribution in [3.63, 3.8) is 0 Å². The topological polar surface area (TPSA) is 90.3 Å². The van der Waals surface area contributed by atoms with Gasteiger partial charge in [0.15, 0.2) is 0 Å². The highest BCUT2D eigenvalue weighted by molar-refractivity contribution is 7.12. The molecule has 9 heteroatoms. The van der Waals surface area contributed by atoms with Crippen molar-refractivity contribution in [2.75, 3.05) is 19.8 Å². The molecule has 1 aliphatic rings. The van der Waals surface area contributed by atoms with Gasteiger partial charge in [-0.1, -0.05) is 19.4 Å². The number of piperidine rings is 1. The van der Waals surface area contributed by atoms with Crippen LogP contribution < -0.4 is 5.32 Å². The Labute approximate surface area is 189 Å². The molecule has 172 valence electrons. The van der Waals surface area contributed by atoms with Gasteiger partial charge in [0, 0.05) is 25.3 Å². The molecule has 1 fully saturated rings. The highest BCUT2D eigenvalue weighted by Gasteiger charge is 2.24. The molecule has 0 bridgehead atoms. The van der Waals surface area contributed by atoms with Gasteiger partial charge in [0.2, 0.25) is 0 Å². The molecule has 2 rings (SSSR count). The number of likely N-dealkylation sites (tertiary alicyclic amines) is 1. The van der Waals surface area contributed by atoms with E-state index < -0.39 is 11.7 Å². The number of hydroxylamine groups is 1. The average molecular weight is 450 g/mol. The normalized spacial score (nSPS) is 17.9. The van der Waals surface area contributed by atoms with Crippen LogP contribution in [0.2, 0.25) is 0 Å². The van der Waals surface area contributed by atoms with Gasteiger partial charge in [-0.05, 0) is 57.6 Å². The van der Waals surface area contributed by atoms with Crippen LogP contribution in [-0.2, 0) is 9.57 Å². The number of carbonyl (C=O) groups excluding carboxylic acids is 1. The average Bonchev–Trinajstić information content (AvgIpc) is 3.26.